The molecule has 4 rings (SSSR count). The van der Waals surface area contributed by atoms with E-state index < -0.39 is 0 Å². The number of piperazine rings is 1. The fourth-order valence-corrected chi connectivity index (χ4v) is 4.45. The van der Waals surface area contributed by atoms with Crippen LogP contribution in [-0.4, -0.2) is 50.1 Å². The number of hydrogen-bond donors (Lipinski definition) is 2. The number of amides is 1. The van der Waals surface area contributed by atoms with Crippen molar-refractivity contribution in [2.45, 2.75) is 26.4 Å². The van der Waals surface area contributed by atoms with Crippen molar-refractivity contribution >= 4 is 5.91 Å². The number of hydrogen-bond acceptors (Lipinski definition) is 1. The number of benzene rings is 2. The zero-order valence-electron chi connectivity index (χ0n) is 16.3. The quantitative estimate of drug-likeness (QED) is 0.776. The Kier molecular flexibility index (Phi) is 5.55. The van der Waals surface area contributed by atoms with Gasteiger partial charge in [0.05, 0.1) is 32.7 Å². The fourth-order valence-electron chi connectivity index (χ4n) is 4.45. The highest BCUT2D eigenvalue weighted by Gasteiger charge is 2.28. The molecule has 4 nitrogen and oxygen atoms in total. The Bertz CT molecular complexity index is 796. The van der Waals surface area contributed by atoms with Gasteiger partial charge in [0.1, 0.15) is 13.1 Å². The molecule has 142 valence electrons. The van der Waals surface area contributed by atoms with Crippen molar-refractivity contribution in [3.05, 3.63) is 70.8 Å². The van der Waals surface area contributed by atoms with E-state index in [1.165, 1.54) is 27.2 Å². The molecular weight excluding hydrogens is 334 g/mol. The molecule has 1 amide bonds. The monoisotopic (exact) mass is 365 g/mol. The lowest BCUT2D eigenvalue weighted by Gasteiger charge is -2.33. The van der Waals surface area contributed by atoms with Crippen LogP contribution in [0.4, 0.5) is 0 Å². The van der Waals surface area contributed by atoms with Gasteiger partial charge in [-0.2, -0.15) is 0 Å². The molecule has 1 atom stereocenters. The largest absolute Gasteiger partial charge is 0.328 e. The predicted molar refractivity (Wildman–Crippen MR) is 107 cm³/mol. The summed E-state index contributed by atoms with van der Waals surface area (Å²) in [6.45, 7) is 9.85. The minimum absolute atomic E-state index is 0.333. The SMILES string of the molecule is Cc1ccccc1C[NH+]1CCN(C(=O)C[NH+]2CCc3ccccc3C2)CC1. The molecule has 27 heavy (non-hydrogen) atoms. The molecule has 0 saturated carbocycles. The van der Waals surface area contributed by atoms with Gasteiger partial charge in [-0.1, -0.05) is 48.5 Å². The van der Waals surface area contributed by atoms with Crippen LogP contribution >= 0.6 is 0 Å². The number of fused-ring (bicyclic) bond motifs is 1. The van der Waals surface area contributed by atoms with E-state index in [1.54, 1.807) is 4.90 Å². The van der Waals surface area contributed by atoms with Gasteiger partial charge in [0.15, 0.2) is 6.54 Å². The highest BCUT2D eigenvalue weighted by molar-refractivity contribution is 5.77. The van der Waals surface area contributed by atoms with E-state index in [-0.39, 0.29) is 0 Å². The molecule has 0 aromatic heterocycles. The minimum atomic E-state index is 0.333. The van der Waals surface area contributed by atoms with Crippen LogP contribution in [0.15, 0.2) is 48.5 Å². The van der Waals surface area contributed by atoms with Gasteiger partial charge in [-0.05, 0) is 18.1 Å². The van der Waals surface area contributed by atoms with E-state index in [1.807, 2.05) is 0 Å². The summed E-state index contributed by atoms with van der Waals surface area (Å²) in [7, 11) is 0. The van der Waals surface area contributed by atoms with Crippen LogP contribution in [0.5, 0.6) is 0 Å². The number of carbonyl (C=O) groups is 1. The molecule has 0 spiro atoms. The summed E-state index contributed by atoms with van der Waals surface area (Å²) in [4.78, 5) is 17.9. The molecule has 2 aliphatic rings. The van der Waals surface area contributed by atoms with Crippen molar-refractivity contribution in [3.63, 3.8) is 0 Å². The first-order valence-electron chi connectivity index (χ1n) is 10.3. The van der Waals surface area contributed by atoms with E-state index in [0.29, 0.717) is 12.5 Å². The molecule has 2 aromatic rings. The van der Waals surface area contributed by atoms with Crippen LogP contribution in [0, 0.1) is 6.92 Å². The van der Waals surface area contributed by atoms with Gasteiger partial charge in [0.25, 0.3) is 5.91 Å². The highest BCUT2D eigenvalue weighted by atomic mass is 16.2. The zero-order chi connectivity index (χ0) is 18.6. The van der Waals surface area contributed by atoms with Gasteiger partial charge in [-0.25, -0.2) is 0 Å². The second-order valence-corrected chi connectivity index (χ2v) is 8.11. The number of aryl methyl sites for hydroxylation is 1. The molecular formula is C23H31N3O+2. The Labute approximate surface area is 162 Å². The van der Waals surface area contributed by atoms with E-state index in [9.17, 15) is 4.79 Å². The maximum Gasteiger partial charge on any atom is 0.278 e. The topological polar surface area (TPSA) is 29.2 Å². The summed E-state index contributed by atoms with van der Waals surface area (Å²) in [5.74, 6) is 0.333. The Hall–Kier alpha value is -2.17. The standard InChI is InChI=1S/C23H29N3O/c1-19-6-2-3-8-21(19)16-24-12-14-26(15-13-24)23(27)18-25-11-10-20-7-4-5-9-22(20)17-25/h2-9H,10-18H2,1H3/p+2. The van der Waals surface area contributed by atoms with Crippen LogP contribution in [0.25, 0.3) is 0 Å². The number of rotatable bonds is 4. The van der Waals surface area contributed by atoms with Gasteiger partial charge in [-0.3, -0.25) is 4.79 Å². The Morgan fingerprint density at radius 1 is 0.926 bits per heavy atom. The first kappa shape index (κ1) is 18.2. The number of nitrogens with one attached hydrogen (secondary N) is 2. The molecule has 0 bridgehead atoms. The van der Waals surface area contributed by atoms with Crippen LogP contribution in [0.3, 0.4) is 0 Å². The Balaban J connectivity index is 1.26. The van der Waals surface area contributed by atoms with Gasteiger partial charge >= 0.3 is 0 Å². The van der Waals surface area contributed by atoms with Gasteiger partial charge in [-0.15, -0.1) is 0 Å². The van der Waals surface area contributed by atoms with Crippen molar-refractivity contribution < 1.29 is 14.6 Å². The number of quaternary nitrogens is 2. The molecule has 0 aliphatic carbocycles. The third-order valence-corrected chi connectivity index (χ3v) is 6.23. The van der Waals surface area contributed by atoms with E-state index >= 15 is 0 Å². The Morgan fingerprint density at radius 3 is 2.41 bits per heavy atom. The molecule has 1 saturated heterocycles. The normalized spacial score (nSPS) is 20.3. The second kappa shape index (κ2) is 8.24. The first-order chi connectivity index (χ1) is 13.2. The third-order valence-electron chi connectivity index (χ3n) is 6.23. The van der Waals surface area contributed by atoms with E-state index in [2.05, 4.69) is 60.4 Å². The average molecular weight is 366 g/mol. The summed E-state index contributed by atoms with van der Waals surface area (Å²) in [5, 5.41) is 0. The predicted octanol–water partition coefficient (Wildman–Crippen LogP) is -0.137. The van der Waals surface area contributed by atoms with E-state index in [4.69, 9.17) is 0 Å². The number of carbonyl (C=O) groups excluding carboxylic acids is 1. The van der Waals surface area contributed by atoms with Crippen LogP contribution in [0.1, 0.15) is 22.3 Å². The maximum absolute atomic E-state index is 12.8. The average Bonchev–Trinajstić information content (AvgIpc) is 2.70. The van der Waals surface area contributed by atoms with Gasteiger partial charge < -0.3 is 14.7 Å². The molecule has 0 radical (unpaired) electrons. The highest BCUT2D eigenvalue weighted by Crippen LogP contribution is 2.10. The molecule has 2 aliphatic heterocycles. The number of nitrogens with zero attached hydrogens (tertiary/aromatic N) is 1. The maximum atomic E-state index is 12.8. The fraction of sp³-hybridized carbons (Fsp3) is 0.435. The smallest absolute Gasteiger partial charge is 0.278 e. The summed E-state index contributed by atoms with van der Waals surface area (Å²) >= 11 is 0. The summed E-state index contributed by atoms with van der Waals surface area (Å²) in [6, 6.07) is 17.3. The third kappa shape index (κ3) is 4.40. The van der Waals surface area contributed by atoms with Crippen LogP contribution in [-0.2, 0) is 24.3 Å². The second-order valence-electron chi connectivity index (χ2n) is 8.11. The van der Waals surface area contributed by atoms with Crippen molar-refractivity contribution in [1.82, 2.24) is 4.90 Å². The molecule has 1 fully saturated rings. The van der Waals surface area contributed by atoms with Crippen LogP contribution in [0.2, 0.25) is 0 Å². The van der Waals surface area contributed by atoms with Crippen molar-refractivity contribution in [2.75, 3.05) is 39.3 Å². The van der Waals surface area contributed by atoms with Gasteiger partial charge in [0.2, 0.25) is 0 Å². The summed E-state index contributed by atoms with van der Waals surface area (Å²) < 4.78 is 0. The molecule has 2 N–H and O–H groups in total. The summed E-state index contributed by atoms with van der Waals surface area (Å²) in [5.41, 5.74) is 5.68. The first-order valence-corrected chi connectivity index (χ1v) is 10.3. The molecule has 1 unspecified atom stereocenters. The summed E-state index contributed by atoms with van der Waals surface area (Å²) in [6.07, 6.45) is 1.09. The minimum Gasteiger partial charge on any atom is -0.328 e. The molecule has 2 aromatic carbocycles. The van der Waals surface area contributed by atoms with Crippen molar-refractivity contribution in [1.29, 1.82) is 0 Å². The zero-order valence-corrected chi connectivity index (χ0v) is 16.3. The van der Waals surface area contributed by atoms with Crippen molar-refractivity contribution in [3.8, 4) is 0 Å². The lowest BCUT2D eigenvalue weighted by atomic mass is 10.00. The molecule has 4 heteroatoms. The van der Waals surface area contributed by atoms with Crippen molar-refractivity contribution in [2.24, 2.45) is 0 Å². The lowest BCUT2D eigenvalue weighted by molar-refractivity contribution is -0.918. The Morgan fingerprint density at radius 2 is 1.63 bits per heavy atom. The van der Waals surface area contributed by atoms with Gasteiger partial charge in [0, 0.05) is 17.5 Å². The van der Waals surface area contributed by atoms with Crippen LogP contribution < -0.4 is 9.80 Å². The molecule has 2 heterocycles. The lowest BCUT2D eigenvalue weighted by Crippen LogP contribution is -3.14. The van der Waals surface area contributed by atoms with E-state index in [0.717, 1.165) is 52.2 Å².